The zero-order valence-corrected chi connectivity index (χ0v) is 8.51. The van der Waals surface area contributed by atoms with Crippen molar-refractivity contribution in [2.24, 2.45) is 0 Å². The Balaban J connectivity index is 2.29. The van der Waals surface area contributed by atoms with Gasteiger partial charge in [0.25, 0.3) is 0 Å². The van der Waals surface area contributed by atoms with E-state index in [0.29, 0.717) is 0 Å². The van der Waals surface area contributed by atoms with Gasteiger partial charge in [-0.1, -0.05) is 0 Å². The van der Waals surface area contributed by atoms with Crippen LogP contribution in [0.25, 0.3) is 22.2 Å². The molecule has 2 aromatic heterocycles. The van der Waals surface area contributed by atoms with Crippen molar-refractivity contribution in [2.45, 2.75) is 0 Å². The predicted octanol–water partition coefficient (Wildman–Crippen LogP) is 2.21. The maximum absolute atomic E-state index is 5.77. The molecule has 0 radical (unpaired) electrons. The van der Waals surface area contributed by atoms with Gasteiger partial charge in [-0.25, -0.2) is 0 Å². The summed E-state index contributed by atoms with van der Waals surface area (Å²) in [6.45, 7) is 0. The molecule has 4 nitrogen and oxygen atoms in total. The monoisotopic (exact) mass is 210 g/mol. The van der Waals surface area contributed by atoms with Gasteiger partial charge in [0.2, 0.25) is 0 Å². The van der Waals surface area contributed by atoms with E-state index in [2.05, 4.69) is 15.2 Å². The molecular weight excluding hydrogens is 200 g/mol. The number of nitrogens with zero attached hydrogens (tertiary/aromatic N) is 2. The van der Waals surface area contributed by atoms with Crippen LogP contribution in [0.15, 0.2) is 42.7 Å². The molecule has 0 fully saturated rings. The van der Waals surface area contributed by atoms with Gasteiger partial charge in [0.05, 0.1) is 5.52 Å². The Bertz CT molecular complexity index is 628. The first-order valence-electron chi connectivity index (χ1n) is 4.98. The number of pyridine rings is 1. The van der Waals surface area contributed by atoms with Gasteiger partial charge >= 0.3 is 0 Å². The molecule has 0 amide bonds. The molecule has 0 aliphatic heterocycles. The summed E-state index contributed by atoms with van der Waals surface area (Å²) in [5, 5.41) is 8.29. The van der Waals surface area contributed by atoms with Crippen LogP contribution in [-0.2, 0) is 0 Å². The molecule has 2 heterocycles. The van der Waals surface area contributed by atoms with Crippen molar-refractivity contribution in [2.75, 3.05) is 5.73 Å². The molecule has 0 saturated carbocycles. The standard InChI is InChI=1S/C12H10N4/c13-9-3-4-11-10(6-9)12(16-15-11)8-2-1-5-14-7-8/h1-7H,13H2,(H,15,16). The lowest BCUT2D eigenvalue weighted by Gasteiger charge is -1.97. The van der Waals surface area contributed by atoms with E-state index in [1.807, 2.05) is 30.3 Å². The molecule has 0 aliphatic carbocycles. The molecule has 78 valence electrons. The quantitative estimate of drug-likeness (QED) is 0.605. The van der Waals surface area contributed by atoms with Gasteiger partial charge in [0.1, 0.15) is 5.69 Å². The summed E-state index contributed by atoms with van der Waals surface area (Å²) in [6, 6.07) is 9.57. The normalized spacial score (nSPS) is 10.8. The second kappa shape index (κ2) is 3.34. The summed E-state index contributed by atoms with van der Waals surface area (Å²) in [7, 11) is 0. The van der Waals surface area contributed by atoms with Crippen molar-refractivity contribution in [1.29, 1.82) is 0 Å². The van der Waals surface area contributed by atoms with E-state index in [4.69, 9.17) is 5.73 Å². The van der Waals surface area contributed by atoms with Crippen molar-refractivity contribution in [3.8, 4) is 11.3 Å². The fourth-order valence-electron chi connectivity index (χ4n) is 1.75. The molecule has 3 N–H and O–H groups in total. The number of benzene rings is 1. The van der Waals surface area contributed by atoms with Crippen LogP contribution in [0.1, 0.15) is 0 Å². The largest absolute Gasteiger partial charge is 0.399 e. The highest BCUT2D eigenvalue weighted by Gasteiger charge is 2.07. The first kappa shape index (κ1) is 8.91. The van der Waals surface area contributed by atoms with Gasteiger partial charge in [0, 0.05) is 29.0 Å². The van der Waals surface area contributed by atoms with Crippen molar-refractivity contribution in [3.63, 3.8) is 0 Å². The molecular formula is C12H10N4. The summed E-state index contributed by atoms with van der Waals surface area (Å²) >= 11 is 0. The molecule has 0 aliphatic rings. The lowest BCUT2D eigenvalue weighted by Crippen LogP contribution is -1.83. The highest BCUT2D eigenvalue weighted by Crippen LogP contribution is 2.26. The number of nitrogens with one attached hydrogen (secondary N) is 1. The fraction of sp³-hybridized carbons (Fsp3) is 0. The Morgan fingerprint density at radius 3 is 2.94 bits per heavy atom. The summed E-state index contributed by atoms with van der Waals surface area (Å²) in [5.74, 6) is 0. The Kier molecular flexibility index (Phi) is 1.86. The van der Waals surface area contributed by atoms with Crippen LogP contribution in [0.3, 0.4) is 0 Å². The van der Waals surface area contributed by atoms with E-state index in [9.17, 15) is 0 Å². The number of nitrogens with two attached hydrogens (primary N) is 1. The lowest BCUT2D eigenvalue weighted by atomic mass is 10.1. The summed E-state index contributed by atoms with van der Waals surface area (Å²) in [4.78, 5) is 4.08. The number of hydrogen-bond acceptors (Lipinski definition) is 3. The van der Waals surface area contributed by atoms with E-state index in [1.165, 1.54) is 0 Å². The zero-order chi connectivity index (χ0) is 11.0. The number of aromatic nitrogens is 3. The van der Waals surface area contributed by atoms with E-state index in [-0.39, 0.29) is 0 Å². The lowest BCUT2D eigenvalue weighted by molar-refractivity contribution is 1.12. The maximum Gasteiger partial charge on any atom is 0.102 e. The summed E-state index contributed by atoms with van der Waals surface area (Å²) in [6.07, 6.45) is 3.53. The Labute approximate surface area is 92.1 Å². The van der Waals surface area contributed by atoms with Crippen LogP contribution in [-0.4, -0.2) is 15.2 Å². The number of nitrogen functional groups attached to an aromatic ring is 1. The number of hydrogen-bond donors (Lipinski definition) is 2. The highest BCUT2D eigenvalue weighted by atomic mass is 15.1. The second-order valence-corrected chi connectivity index (χ2v) is 3.62. The third-order valence-electron chi connectivity index (χ3n) is 2.52. The highest BCUT2D eigenvalue weighted by molar-refractivity contribution is 5.94. The smallest absolute Gasteiger partial charge is 0.102 e. The van der Waals surface area contributed by atoms with E-state index >= 15 is 0 Å². The van der Waals surface area contributed by atoms with Crippen molar-refractivity contribution < 1.29 is 0 Å². The Morgan fingerprint density at radius 2 is 2.12 bits per heavy atom. The van der Waals surface area contributed by atoms with Gasteiger partial charge in [-0.2, -0.15) is 5.10 Å². The van der Waals surface area contributed by atoms with Gasteiger partial charge in [-0.05, 0) is 30.3 Å². The van der Waals surface area contributed by atoms with Gasteiger partial charge in [-0.15, -0.1) is 0 Å². The van der Waals surface area contributed by atoms with Crippen molar-refractivity contribution >= 4 is 16.6 Å². The number of rotatable bonds is 1. The van der Waals surface area contributed by atoms with Crippen LogP contribution in [0.4, 0.5) is 5.69 Å². The molecule has 0 atom stereocenters. The molecule has 4 heteroatoms. The molecule has 1 aromatic carbocycles. The first-order valence-corrected chi connectivity index (χ1v) is 4.98. The summed E-state index contributed by atoms with van der Waals surface area (Å²) < 4.78 is 0. The molecule has 3 rings (SSSR count). The minimum absolute atomic E-state index is 0.735. The molecule has 0 spiro atoms. The van der Waals surface area contributed by atoms with Gasteiger partial charge < -0.3 is 5.73 Å². The van der Waals surface area contributed by atoms with E-state index < -0.39 is 0 Å². The fourth-order valence-corrected chi connectivity index (χ4v) is 1.75. The molecule has 0 unspecified atom stereocenters. The molecule has 0 bridgehead atoms. The SMILES string of the molecule is Nc1ccc2[nH]nc(-c3cccnc3)c2c1. The van der Waals surface area contributed by atoms with Crippen molar-refractivity contribution in [1.82, 2.24) is 15.2 Å². The molecule has 0 saturated heterocycles. The van der Waals surface area contributed by atoms with Crippen molar-refractivity contribution in [3.05, 3.63) is 42.7 Å². The Hall–Kier alpha value is -2.36. The van der Waals surface area contributed by atoms with Crippen LogP contribution in [0.5, 0.6) is 0 Å². The van der Waals surface area contributed by atoms with Crippen LogP contribution < -0.4 is 5.73 Å². The number of H-pyrrole nitrogens is 1. The van der Waals surface area contributed by atoms with Gasteiger partial charge in [0.15, 0.2) is 0 Å². The van der Waals surface area contributed by atoms with Crippen LogP contribution in [0, 0.1) is 0 Å². The third kappa shape index (κ3) is 1.32. The number of aromatic amines is 1. The van der Waals surface area contributed by atoms with Crippen LogP contribution >= 0.6 is 0 Å². The summed E-state index contributed by atoms with van der Waals surface area (Å²) in [5.41, 5.74) is 9.36. The third-order valence-corrected chi connectivity index (χ3v) is 2.52. The van der Waals surface area contributed by atoms with Gasteiger partial charge in [-0.3, -0.25) is 10.1 Å². The molecule has 3 aromatic rings. The Morgan fingerprint density at radius 1 is 1.19 bits per heavy atom. The number of fused-ring (bicyclic) bond motifs is 1. The predicted molar refractivity (Wildman–Crippen MR) is 63.7 cm³/mol. The average molecular weight is 210 g/mol. The molecule has 16 heavy (non-hydrogen) atoms. The first-order chi connectivity index (χ1) is 7.84. The number of anilines is 1. The minimum atomic E-state index is 0.735. The van der Waals surface area contributed by atoms with E-state index in [0.717, 1.165) is 27.8 Å². The van der Waals surface area contributed by atoms with Crippen LogP contribution in [0.2, 0.25) is 0 Å². The second-order valence-electron chi connectivity index (χ2n) is 3.62. The zero-order valence-electron chi connectivity index (χ0n) is 8.51. The topological polar surface area (TPSA) is 67.6 Å². The average Bonchev–Trinajstić information content (AvgIpc) is 2.73. The maximum atomic E-state index is 5.77. The van der Waals surface area contributed by atoms with E-state index in [1.54, 1.807) is 12.4 Å². The minimum Gasteiger partial charge on any atom is -0.399 e.